The van der Waals surface area contributed by atoms with Gasteiger partial charge >= 0.3 is 6.09 Å². The number of carbonyl (C=O) groups is 1. The van der Waals surface area contributed by atoms with Gasteiger partial charge in [0.15, 0.2) is 0 Å². The number of carbonyl (C=O) groups excluding carboxylic acids is 1. The van der Waals surface area contributed by atoms with Crippen molar-refractivity contribution in [2.45, 2.75) is 122 Å². The van der Waals surface area contributed by atoms with Crippen LogP contribution in [0.5, 0.6) is 0 Å². The normalized spacial score (nSPS) is 20.6. The number of likely N-dealkylation sites (tertiary alicyclic amines) is 1. The summed E-state index contributed by atoms with van der Waals surface area (Å²) in [6.07, 6.45) is -1.52. The first kappa shape index (κ1) is 29.0. The maximum absolute atomic E-state index is 14.4. The molecule has 0 bridgehead atoms. The van der Waals surface area contributed by atoms with Crippen molar-refractivity contribution in [3.8, 4) is 0 Å². The molecule has 1 aliphatic rings. The molecule has 1 saturated heterocycles. The predicted molar refractivity (Wildman–Crippen MR) is 151 cm³/mol. The Morgan fingerprint density at radius 3 is 2.36 bits per heavy atom. The van der Waals surface area contributed by atoms with Gasteiger partial charge < -0.3 is 14.7 Å². The molecule has 0 saturated carbocycles. The summed E-state index contributed by atoms with van der Waals surface area (Å²) in [6, 6.07) is 5.55. The molecule has 1 aromatic heterocycles. The quantitative estimate of drug-likeness (QED) is 0.376. The minimum absolute atomic E-state index is 0.207. The van der Waals surface area contributed by atoms with Gasteiger partial charge in [-0.3, -0.25) is 0 Å². The van der Waals surface area contributed by atoms with E-state index >= 15 is 0 Å². The molecule has 0 aliphatic carbocycles. The Bertz CT molecular complexity index is 1030. The number of thiazole rings is 1. The van der Waals surface area contributed by atoms with E-state index in [2.05, 4.69) is 47.6 Å². The van der Waals surface area contributed by atoms with Crippen molar-refractivity contribution in [1.29, 1.82) is 0 Å². The first-order valence-electron chi connectivity index (χ1n) is 13.4. The Hall–Kier alpha value is -1.51. The van der Waals surface area contributed by atoms with Gasteiger partial charge in [0, 0.05) is 18.2 Å². The third-order valence-corrected chi connectivity index (χ3v) is 16.6. The second-order valence-corrected chi connectivity index (χ2v) is 19.5. The summed E-state index contributed by atoms with van der Waals surface area (Å²) in [5.41, 5.74) is 2.60. The molecule has 2 heterocycles. The molecule has 8 heteroatoms. The smallest absolute Gasteiger partial charge is 0.410 e. The van der Waals surface area contributed by atoms with Gasteiger partial charge in [0.2, 0.25) is 0 Å². The second-order valence-electron chi connectivity index (χ2n) is 12.3. The number of benzene rings is 1. The number of aliphatic hydroxyl groups excluding tert-OH is 1. The number of alkyl halides is 1. The van der Waals surface area contributed by atoms with E-state index in [0.29, 0.717) is 29.6 Å². The summed E-state index contributed by atoms with van der Waals surface area (Å²) in [6.45, 7) is 19.7. The Morgan fingerprint density at radius 2 is 1.81 bits per heavy atom. The topological polar surface area (TPSA) is 62.7 Å². The molecule has 0 radical (unpaired) electrons. The molecule has 1 amide bonds. The standard InChI is InChI=1S/C28H45FN2O3SSi/c1-17(2)36(18(3)4,19(5)6)26-30-25-22(11-10-12-24(25)35-26)23(32)16-21-15-20(29)13-14-31(21)27(33)34-28(7,8)9/h10-12,17-21,23,32H,13-16H2,1-9H3/t20-,21-,23-/m0/s1. The lowest BCUT2D eigenvalue weighted by Crippen LogP contribution is -2.55. The number of aromatic nitrogens is 1. The lowest BCUT2D eigenvalue weighted by atomic mass is 9.93. The van der Waals surface area contributed by atoms with Crippen molar-refractivity contribution in [3.63, 3.8) is 0 Å². The highest BCUT2D eigenvalue weighted by Gasteiger charge is 2.47. The number of amides is 1. The summed E-state index contributed by atoms with van der Waals surface area (Å²) >= 11 is 1.77. The summed E-state index contributed by atoms with van der Waals surface area (Å²) in [7, 11) is -1.94. The van der Waals surface area contributed by atoms with Crippen molar-refractivity contribution in [2.24, 2.45) is 0 Å². The fourth-order valence-electron chi connectivity index (χ4n) is 6.34. The van der Waals surface area contributed by atoms with Crippen LogP contribution >= 0.6 is 11.3 Å². The van der Waals surface area contributed by atoms with E-state index in [1.807, 2.05) is 32.9 Å². The number of para-hydroxylation sites is 1. The molecule has 0 unspecified atom stereocenters. The Balaban J connectivity index is 1.96. The maximum Gasteiger partial charge on any atom is 0.410 e. The van der Waals surface area contributed by atoms with E-state index in [0.717, 1.165) is 15.8 Å². The molecule has 0 spiro atoms. The average Bonchev–Trinajstić information content (AvgIpc) is 3.16. The average molecular weight is 537 g/mol. The minimum atomic E-state index is -1.94. The molecule has 1 aliphatic heterocycles. The van der Waals surface area contributed by atoms with Crippen molar-refractivity contribution < 1.29 is 19.0 Å². The van der Waals surface area contributed by atoms with Gasteiger partial charge in [-0.05, 0) is 62.7 Å². The fraction of sp³-hybridized carbons (Fsp3) is 0.714. The van der Waals surface area contributed by atoms with Gasteiger partial charge in [-0.2, -0.15) is 0 Å². The van der Waals surface area contributed by atoms with Crippen LogP contribution in [0.3, 0.4) is 0 Å². The number of nitrogens with zero attached hydrogens (tertiary/aromatic N) is 2. The van der Waals surface area contributed by atoms with Crippen LogP contribution in [0.1, 0.15) is 93.2 Å². The SMILES string of the molecule is CC(C)[Si](c1nc2c([C@@H](O)C[C@@H]3C[C@@H](F)CCN3C(=O)OC(C)(C)C)cccc2s1)(C(C)C)C(C)C. The fourth-order valence-corrected chi connectivity index (χ4v) is 16.0. The molecule has 202 valence electrons. The molecule has 1 N–H and O–H groups in total. The second kappa shape index (κ2) is 11.1. The van der Waals surface area contributed by atoms with Crippen molar-refractivity contribution in [3.05, 3.63) is 23.8 Å². The van der Waals surface area contributed by atoms with Crippen LogP contribution in [-0.2, 0) is 4.74 Å². The first-order chi connectivity index (χ1) is 16.7. The van der Waals surface area contributed by atoms with Crippen molar-refractivity contribution in [1.82, 2.24) is 9.88 Å². The van der Waals surface area contributed by atoms with Crippen molar-refractivity contribution in [2.75, 3.05) is 6.54 Å². The number of hydrogen-bond acceptors (Lipinski definition) is 5. The summed E-state index contributed by atoms with van der Waals surface area (Å²) in [5.74, 6) is 0. The summed E-state index contributed by atoms with van der Waals surface area (Å²) in [4.78, 5) is 19.7. The van der Waals surface area contributed by atoms with Crippen LogP contribution in [-0.4, -0.2) is 53.5 Å². The Kier molecular flexibility index (Phi) is 8.94. The zero-order valence-electron chi connectivity index (χ0n) is 23.5. The molecule has 5 nitrogen and oxygen atoms in total. The van der Waals surface area contributed by atoms with Gasteiger partial charge in [-0.1, -0.05) is 53.7 Å². The lowest BCUT2D eigenvalue weighted by Gasteiger charge is -2.41. The highest BCUT2D eigenvalue weighted by molar-refractivity contribution is 7.31. The van der Waals surface area contributed by atoms with Gasteiger partial charge in [-0.25, -0.2) is 14.2 Å². The lowest BCUT2D eigenvalue weighted by molar-refractivity contribution is -0.00657. The predicted octanol–water partition coefficient (Wildman–Crippen LogP) is 7.34. The van der Waals surface area contributed by atoms with E-state index < -0.39 is 38.1 Å². The van der Waals surface area contributed by atoms with E-state index in [-0.39, 0.29) is 12.8 Å². The summed E-state index contributed by atoms with van der Waals surface area (Å²) < 4.78 is 22.3. The minimum Gasteiger partial charge on any atom is -0.444 e. The van der Waals surface area contributed by atoms with E-state index in [9.17, 15) is 14.3 Å². The summed E-state index contributed by atoms with van der Waals surface area (Å²) in [5, 5.41) is 11.4. The number of hydrogen-bond donors (Lipinski definition) is 1. The third kappa shape index (κ3) is 5.81. The van der Waals surface area contributed by atoms with E-state index in [1.54, 1.807) is 16.2 Å². The third-order valence-electron chi connectivity index (χ3n) is 7.82. The monoisotopic (exact) mass is 536 g/mol. The van der Waals surface area contributed by atoms with Gasteiger partial charge in [0.05, 0.1) is 21.0 Å². The van der Waals surface area contributed by atoms with Crippen LogP contribution in [0, 0.1) is 0 Å². The van der Waals surface area contributed by atoms with E-state index in [4.69, 9.17) is 9.72 Å². The first-order valence-corrected chi connectivity index (χ1v) is 16.4. The number of aliphatic hydroxyl groups is 1. The maximum atomic E-state index is 14.4. The Morgan fingerprint density at radius 1 is 1.19 bits per heavy atom. The van der Waals surface area contributed by atoms with Crippen LogP contribution in [0.15, 0.2) is 18.2 Å². The van der Waals surface area contributed by atoms with Crippen LogP contribution < -0.4 is 4.63 Å². The number of rotatable bonds is 7. The molecular weight excluding hydrogens is 491 g/mol. The number of piperidine rings is 1. The molecule has 1 fully saturated rings. The van der Waals surface area contributed by atoms with Gasteiger partial charge in [0.1, 0.15) is 19.8 Å². The number of halogens is 1. The van der Waals surface area contributed by atoms with Crippen molar-refractivity contribution >= 4 is 40.4 Å². The molecule has 1 aromatic carbocycles. The van der Waals surface area contributed by atoms with Crippen LogP contribution in [0.4, 0.5) is 9.18 Å². The zero-order valence-corrected chi connectivity index (χ0v) is 25.3. The van der Waals surface area contributed by atoms with Gasteiger partial charge in [-0.15, -0.1) is 11.3 Å². The van der Waals surface area contributed by atoms with Crippen LogP contribution in [0.25, 0.3) is 10.2 Å². The van der Waals surface area contributed by atoms with Gasteiger partial charge in [0.25, 0.3) is 0 Å². The van der Waals surface area contributed by atoms with Crippen LogP contribution in [0.2, 0.25) is 16.6 Å². The molecule has 3 rings (SSSR count). The zero-order chi connectivity index (χ0) is 27.0. The van der Waals surface area contributed by atoms with E-state index in [1.165, 1.54) is 4.63 Å². The molecule has 3 atom stereocenters. The highest BCUT2D eigenvalue weighted by Crippen LogP contribution is 2.43. The molecular formula is C28H45FN2O3SSi. The number of ether oxygens (including phenoxy) is 1. The molecule has 36 heavy (non-hydrogen) atoms. The highest BCUT2D eigenvalue weighted by atomic mass is 32.1. The molecule has 2 aromatic rings. The number of fused-ring (bicyclic) bond motifs is 1. The largest absolute Gasteiger partial charge is 0.444 e. The Labute approximate surface area is 221 Å².